The summed E-state index contributed by atoms with van der Waals surface area (Å²) < 4.78 is 0. The molecule has 0 unspecified atom stereocenters. The molecular weight excluding hydrogens is 468 g/mol. The van der Waals surface area contributed by atoms with Gasteiger partial charge >= 0.3 is 0 Å². The van der Waals surface area contributed by atoms with Gasteiger partial charge in [-0.3, -0.25) is 0 Å². The monoisotopic (exact) mass is 514 g/mol. The zero-order valence-electron chi connectivity index (χ0n) is 25.5. The molecule has 0 heteroatoms. The summed E-state index contributed by atoms with van der Waals surface area (Å²) in [5.41, 5.74) is 17.4. The van der Waals surface area contributed by atoms with E-state index in [1.807, 2.05) is 0 Å². The van der Waals surface area contributed by atoms with Crippen LogP contribution >= 0.6 is 0 Å². The number of rotatable bonds is 6. The van der Waals surface area contributed by atoms with Crippen molar-refractivity contribution in [3.63, 3.8) is 0 Å². The van der Waals surface area contributed by atoms with Crippen LogP contribution in [0.25, 0.3) is 33.4 Å². The Morgan fingerprint density at radius 3 is 1.23 bits per heavy atom. The Balaban J connectivity index is 1.73. The Hall–Kier alpha value is -3.12. The second-order valence-electron chi connectivity index (χ2n) is 13.6. The Kier molecular flexibility index (Phi) is 7.36. The molecule has 0 aromatic heterocycles. The van der Waals surface area contributed by atoms with E-state index in [1.165, 1.54) is 66.8 Å². The van der Waals surface area contributed by atoms with Crippen molar-refractivity contribution in [2.75, 3.05) is 0 Å². The molecule has 0 nitrogen and oxygen atoms in total. The van der Waals surface area contributed by atoms with Gasteiger partial charge in [0.25, 0.3) is 0 Å². The molecule has 39 heavy (non-hydrogen) atoms. The van der Waals surface area contributed by atoms with Crippen LogP contribution in [0.1, 0.15) is 102 Å². The highest BCUT2D eigenvalue weighted by Crippen LogP contribution is 2.47. The number of hydrogen-bond donors (Lipinski definition) is 0. The van der Waals surface area contributed by atoms with E-state index in [1.54, 1.807) is 0 Å². The Bertz CT molecular complexity index is 1390. The van der Waals surface area contributed by atoms with Gasteiger partial charge in [-0.15, -0.1) is 0 Å². The predicted molar refractivity (Wildman–Crippen MR) is 171 cm³/mol. The van der Waals surface area contributed by atoms with Crippen LogP contribution < -0.4 is 0 Å². The average Bonchev–Trinajstić information content (AvgIpc) is 3.24. The molecule has 0 atom stereocenters. The van der Waals surface area contributed by atoms with Crippen LogP contribution in [-0.2, 0) is 30.1 Å². The van der Waals surface area contributed by atoms with Crippen molar-refractivity contribution in [2.24, 2.45) is 0 Å². The van der Waals surface area contributed by atoms with Crippen molar-refractivity contribution < 1.29 is 0 Å². The first kappa shape index (κ1) is 27.4. The molecule has 0 saturated heterocycles. The summed E-state index contributed by atoms with van der Waals surface area (Å²) in [6.07, 6.45) is 5.57. The third kappa shape index (κ3) is 5.23. The standard InChI is InChI=1S/C39H46/c1-9-15-26-17-11-13-19-30(26)34-22-28-21-29-23-35(31-20-14-12-18-27(31)16-10-2)37(39(6,7)8)25-33(29)32(28)24-36(34)38(3,4)5/h11-14,17-20,22-25H,9-10,15-16,21H2,1-8H3. The van der Waals surface area contributed by atoms with Crippen LogP contribution in [0.2, 0.25) is 0 Å². The highest BCUT2D eigenvalue weighted by atomic mass is 14.3. The summed E-state index contributed by atoms with van der Waals surface area (Å²) in [5, 5.41) is 0. The Labute approximate surface area is 237 Å². The van der Waals surface area contributed by atoms with Crippen LogP contribution in [0.15, 0.2) is 72.8 Å². The van der Waals surface area contributed by atoms with Gasteiger partial charge in [-0.2, -0.15) is 0 Å². The Morgan fingerprint density at radius 1 is 0.487 bits per heavy atom. The van der Waals surface area contributed by atoms with Gasteiger partial charge in [0.05, 0.1) is 0 Å². The van der Waals surface area contributed by atoms with E-state index in [9.17, 15) is 0 Å². The van der Waals surface area contributed by atoms with Crippen LogP contribution in [0.4, 0.5) is 0 Å². The lowest BCUT2D eigenvalue weighted by atomic mass is 9.77. The average molecular weight is 515 g/mol. The van der Waals surface area contributed by atoms with Gasteiger partial charge in [0.1, 0.15) is 0 Å². The molecule has 0 bridgehead atoms. The van der Waals surface area contributed by atoms with Crippen molar-refractivity contribution in [2.45, 2.75) is 98.3 Å². The van der Waals surface area contributed by atoms with E-state index in [0.717, 1.165) is 32.1 Å². The highest BCUT2D eigenvalue weighted by molar-refractivity contribution is 5.87. The van der Waals surface area contributed by atoms with Crippen LogP contribution in [0.5, 0.6) is 0 Å². The van der Waals surface area contributed by atoms with Gasteiger partial charge in [0.2, 0.25) is 0 Å². The van der Waals surface area contributed by atoms with Gasteiger partial charge < -0.3 is 0 Å². The molecule has 0 spiro atoms. The molecule has 0 radical (unpaired) electrons. The van der Waals surface area contributed by atoms with Crippen molar-refractivity contribution in [1.82, 2.24) is 0 Å². The molecule has 0 N–H and O–H groups in total. The first-order valence-electron chi connectivity index (χ1n) is 15.0. The third-order valence-corrected chi connectivity index (χ3v) is 8.43. The minimum Gasteiger partial charge on any atom is -0.0651 e. The molecule has 0 amide bonds. The fourth-order valence-corrected chi connectivity index (χ4v) is 6.52. The van der Waals surface area contributed by atoms with Crippen molar-refractivity contribution >= 4 is 0 Å². The second kappa shape index (κ2) is 10.5. The Morgan fingerprint density at radius 2 is 0.872 bits per heavy atom. The fraction of sp³-hybridized carbons (Fsp3) is 0.385. The smallest absolute Gasteiger partial charge is 0.00130 e. The minimum absolute atomic E-state index is 0.0539. The molecule has 0 heterocycles. The van der Waals surface area contributed by atoms with E-state index >= 15 is 0 Å². The van der Waals surface area contributed by atoms with E-state index < -0.39 is 0 Å². The maximum atomic E-state index is 2.54. The summed E-state index contributed by atoms with van der Waals surface area (Å²) in [5.74, 6) is 0. The first-order valence-corrected chi connectivity index (χ1v) is 15.0. The third-order valence-electron chi connectivity index (χ3n) is 8.43. The van der Waals surface area contributed by atoms with E-state index in [2.05, 4.69) is 128 Å². The fourth-order valence-electron chi connectivity index (χ4n) is 6.52. The normalized spacial score (nSPS) is 12.9. The van der Waals surface area contributed by atoms with Gasteiger partial charge in [0, 0.05) is 0 Å². The molecule has 5 rings (SSSR count). The summed E-state index contributed by atoms with van der Waals surface area (Å²) in [6.45, 7) is 18.8. The molecule has 0 fully saturated rings. The summed E-state index contributed by atoms with van der Waals surface area (Å²) >= 11 is 0. The lowest BCUT2D eigenvalue weighted by molar-refractivity contribution is 0.591. The lowest BCUT2D eigenvalue weighted by Gasteiger charge is -2.27. The van der Waals surface area contributed by atoms with Gasteiger partial charge in [0.15, 0.2) is 0 Å². The molecule has 202 valence electrons. The summed E-state index contributed by atoms with van der Waals surface area (Å²) in [6, 6.07) is 28.3. The quantitative estimate of drug-likeness (QED) is 0.211. The first-order chi connectivity index (χ1) is 18.5. The van der Waals surface area contributed by atoms with Crippen molar-refractivity contribution in [1.29, 1.82) is 0 Å². The maximum Gasteiger partial charge on any atom is -0.00130 e. The molecule has 4 aromatic carbocycles. The molecule has 4 aromatic rings. The highest BCUT2D eigenvalue weighted by Gasteiger charge is 2.29. The van der Waals surface area contributed by atoms with Crippen LogP contribution in [0.3, 0.4) is 0 Å². The maximum absolute atomic E-state index is 2.54. The zero-order valence-corrected chi connectivity index (χ0v) is 25.5. The lowest BCUT2D eigenvalue weighted by Crippen LogP contribution is -2.14. The number of hydrogen-bond acceptors (Lipinski definition) is 0. The number of benzene rings is 4. The van der Waals surface area contributed by atoms with Crippen molar-refractivity contribution in [3.8, 4) is 33.4 Å². The molecule has 1 aliphatic carbocycles. The zero-order chi connectivity index (χ0) is 27.9. The van der Waals surface area contributed by atoms with Crippen LogP contribution in [-0.4, -0.2) is 0 Å². The number of aryl methyl sites for hydroxylation is 2. The van der Waals surface area contributed by atoms with Gasteiger partial charge in [-0.05, 0) is 121 Å². The minimum atomic E-state index is 0.0539. The summed E-state index contributed by atoms with van der Waals surface area (Å²) in [7, 11) is 0. The topological polar surface area (TPSA) is 0 Å². The van der Waals surface area contributed by atoms with E-state index in [-0.39, 0.29) is 10.8 Å². The van der Waals surface area contributed by atoms with Gasteiger partial charge in [-0.25, -0.2) is 0 Å². The predicted octanol–water partition coefficient (Wildman–Crippen LogP) is 11.1. The van der Waals surface area contributed by atoms with Crippen LogP contribution in [0, 0.1) is 0 Å². The second-order valence-corrected chi connectivity index (χ2v) is 13.6. The SMILES string of the molecule is CCCc1ccccc1-c1cc2c(cc1C(C)(C)C)-c1cc(C(C)(C)C)c(-c3ccccc3CCC)cc1C2. The van der Waals surface area contributed by atoms with E-state index in [0.29, 0.717) is 0 Å². The largest absolute Gasteiger partial charge is 0.0651 e. The molecule has 0 aliphatic heterocycles. The van der Waals surface area contributed by atoms with Gasteiger partial charge in [-0.1, -0.05) is 117 Å². The van der Waals surface area contributed by atoms with E-state index in [4.69, 9.17) is 0 Å². The van der Waals surface area contributed by atoms with Crippen molar-refractivity contribution in [3.05, 3.63) is 106 Å². The molecular formula is C39H46. The molecule has 1 aliphatic rings. The summed E-state index contributed by atoms with van der Waals surface area (Å²) in [4.78, 5) is 0. The molecule has 0 saturated carbocycles. The number of fused-ring (bicyclic) bond motifs is 3.